The van der Waals surface area contributed by atoms with Crippen molar-refractivity contribution in [3.63, 3.8) is 0 Å². The molecule has 21 heavy (non-hydrogen) atoms. The first-order valence-electron chi connectivity index (χ1n) is 6.85. The van der Waals surface area contributed by atoms with Crippen molar-refractivity contribution in [2.45, 2.75) is 26.4 Å². The number of nitrogen functional groups attached to an aromatic ring is 1. The van der Waals surface area contributed by atoms with Gasteiger partial charge in [-0.2, -0.15) is 0 Å². The van der Waals surface area contributed by atoms with E-state index in [1.807, 2.05) is 13.0 Å². The van der Waals surface area contributed by atoms with Gasteiger partial charge in [0.2, 0.25) is 0 Å². The lowest BCUT2D eigenvalue weighted by molar-refractivity contribution is 0.103. The number of rotatable bonds is 2. The number of halogens is 1. The predicted molar refractivity (Wildman–Crippen MR) is 79.2 cm³/mol. The molecule has 2 N–H and O–H groups in total. The Hall–Kier alpha value is -2.36. The normalized spacial score (nSPS) is 16.4. The molecule has 0 saturated heterocycles. The van der Waals surface area contributed by atoms with Gasteiger partial charge in [-0.3, -0.25) is 4.79 Å². The minimum Gasteiger partial charge on any atom is -0.490 e. The van der Waals surface area contributed by atoms with Crippen LogP contribution in [0.15, 0.2) is 30.3 Å². The fourth-order valence-electron chi connectivity index (χ4n) is 2.56. The van der Waals surface area contributed by atoms with Gasteiger partial charge >= 0.3 is 0 Å². The van der Waals surface area contributed by atoms with Crippen LogP contribution in [0.3, 0.4) is 0 Å². The Morgan fingerprint density at radius 3 is 2.76 bits per heavy atom. The molecule has 2 aromatic carbocycles. The second-order valence-corrected chi connectivity index (χ2v) is 5.46. The third kappa shape index (κ3) is 2.37. The molecule has 3 nitrogen and oxygen atoms in total. The smallest absolute Gasteiger partial charge is 0.193 e. The summed E-state index contributed by atoms with van der Waals surface area (Å²) in [5, 5.41) is 0. The van der Waals surface area contributed by atoms with Crippen molar-refractivity contribution in [3.05, 3.63) is 58.4 Å². The highest BCUT2D eigenvalue weighted by atomic mass is 19.1. The Morgan fingerprint density at radius 1 is 1.29 bits per heavy atom. The molecular formula is C17H16FNO2. The second-order valence-electron chi connectivity index (χ2n) is 5.46. The number of carbonyl (C=O) groups is 1. The van der Waals surface area contributed by atoms with Crippen LogP contribution >= 0.6 is 0 Å². The zero-order chi connectivity index (χ0) is 15.1. The molecule has 0 aromatic heterocycles. The molecule has 0 fully saturated rings. The Balaban J connectivity index is 1.98. The number of hydrogen-bond acceptors (Lipinski definition) is 3. The van der Waals surface area contributed by atoms with E-state index in [1.54, 1.807) is 19.1 Å². The van der Waals surface area contributed by atoms with Crippen LogP contribution in [0.5, 0.6) is 5.75 Å². The van der Waals surface area contributed by atoms with E-state index in [-0.39, 0.29) is 23.1 Å². The maximum atomic E-state index is 13.7. The highest BCUT2D eigenvalue weighted by molar-refractivity contribution is 6.09. The predicted octanol–water partition coefficient (Wildman–Crippen LogP) is 3.27. The number of ether oxygens (including phenoxy) is 1. The fraction of sp³-hybridized carbons (Fsp3) is 0.235. The summed E-state index contributed by atoms with van der Waals surface area (Å²) in [6, 6.07) is 8.07. The maximum Gasteiger partial charge on any atom is 0.193 e. The molecule has 1 unspecified atom stereocenters. The van der Waals surface area contributed by atoms with E-state index in [2.05, 4.69) is 0 Å². The minimum atomic E-state index is -0.462. The summed E-state index contributed by atoms with van der Waals surface area (Å²) < 4.78 is 19.3. The number of anilines is 1. The number of carbonyl (C=O) groups excluding carboxylic acids is 1. The topological polar surface area (TPSA) is 52.3 Å². The highest BCUT2D eigenvalue weighted by Crippen LogP contribution is 2.30. The molecule has 0 radical (unpaired) electrons. The first-order chi connectivity index (χ1) is 9.95. The molecule has 1 aliphatic heterocycles. The fourth-order valence-corrected chi connectivity index (χ4v) is 2.56. The van der Waals surface area contributed by atoms with Crippen LogP contribution in [-0.2, 0) is 6.42 Å². The molecule has 1 heterocycles. The van der Waals surface area contributed by atoms with Crippen molar-refractivity contribution in [2.24, 2.45) is 0 Å². The van der Waals surface area contributed by atoms with Crippen molar-refractivity contribution >= 4 is 11.5 Å². The molecule has 0 aliphatic carbocycles. The molecule has 0 spiro atoms. The quantitative estimate of drug-likeness (QED) is 0.680. The molecule has 2 aromatic rings. The summed E-state index contributed by atoms with van der Waals surface area (Å²) in [6.45, 7) is 3.57. The highest BCUT2D eigenvalue weighted by Gasteiger charge is 2.21. The maximum absolute atomic E-state index is 13.7. The summed E-state index contributed by atoms with van der Waals surface area (Å²) in [5.74, 6) is 0.119. The van der Waals surface area contributed by atoms with Crippen LogP contribution in [0, 0.1) is 12.7 Å². The summed E-state index contributed by atoms with van der Waals surface area (Å²) >= 11 is 0. The Kier molecular flexibility index (Phi) is 3.16. The zero-order valence-corrected chi connectivity index (χ0v) is 11.9. The van der Waals surface area contributed by atoms with Crippen LogP contribution in [0.2, 0.25) is 0 Å². The van der Waals surface area contributed by atoms with E-state index in [1.165, 1.54) is 12.1 Å². The molecular weight excluding hydrogens is 269 g/mol. The van der Waals surface area contributed by atoms with Gasteiger partial charge in [-0.25, -0.2) is 4.39 Å². The van der Waals surface area contributed by atoms with Gasteiger partial charge in [-0.15, -0.1) is 0 Å². The van der Waals surface area contributed by atoms with Gasteiger partial charge in [0, 0.05) is 28.8 Å². The SMILES string of the molecule is Cc1c(N)cc(C(=O)c2ccc3c(c2)CC(C)O3)cc1F. The first-order valence-corrected chi connectivity index (χ1v) is 6.85. The average Bonchev–Trinajstić information content (AvgIpc) is 2.82. The van der Waals surface area contributed by atoms with Gasteiger partial charge in [-0.1, -0.05) is 0 Å². The Bertz CT molecular complexity index is 717. The molecule has 1 aliphatic rings. The number of ketones is 1. The van der Waals surface area contributed by atoms with Crippen LogP contribution in [0.1, 0.15) is 34.0 Å². The van der Waals surface area contributed by atoms with Gasteiger partial charge in [0.1, 0.15) is 17.7 Å². The van der Waals surface area contributed by atoms with Gasteiger partial charge in [0.05, 0.1) is 0 Å². The van der Waals surface area contributed by atoms with Gasteiger partial charge in [0.15, 0.2) is 5.78 Å². The summed E-state index contributed by atoms with van der Waals surface area (Å²) in [5.41, 5.74) is 8.18. The molecule has 108 valence electrons. The van der Waals surface area contributed by atoms with Gasteiger partial charge in [0.25, 0.3) is 0 Å². The van der Waals surface area contributed by atoms with Crippen molar-refractivity contribution in [1.82, 2.24) is 0 Å². The third-order valence-corrected chi connectivity index (χ3v) is 3.80. The van der Waals surface area contributed by atoms with Crippen LogP contribution in [0.25, 0.3) is 0 Å². The monoisotopic (exact) mass is 285 g/mol. The van der Waals surface area contributed by atoms with E-state index in [0.717, 1.165) is 17.7 Å². The molecule has 0 amide bonds. The largest absolute Gasteiger partial charge is 0.490 e. The van der Waals surface area contributed by atoms with Crippen LogP contribution in [0.4, 0.5) is 10.1 Å². The number of hydrogen-bond donors (Lipinski definition) is 1. The third-order valence-electron chi connectivity index (χ3n) is 3.80. The Morgan fingerprint density at radius 2 is 2.05 bits per heavy atom. The molecule has 0 bridgehead atoms. The minimum absolute atomic E-state index is 0.123. The molecule has 4 heteroatoms. The van der Waals surface area contributed by atoms with Crippen LogP contribution < -0.4 is 10.5 Å². The standard InChI is InChI=1S/C17H16FNO2/c1-9-5-12-6-11(3-4-16(12)21-9)17(20)13-7-14(18)10(2)15(19)8-13/h3-4,6-9H,5,19H2,1-2H3. The lowest BCUT2D eigenvalue weighted by atomic mass is 9.98. The van der Waals surface area contributed by atoms with E-state index in [9.17, 15) is 9.18 Å². The lowest BCUT2D eigenvalue weighted by Gasteiger charge is -2.07. The summed E-state index contributed by atoms with van der Waals surface area (Å²) in [4.78, 5) is 12.5. The average molecular weight is 285 g/mol. The van der Waals surface area contributed by atoms with E-state index < -0.39 is 5.82 Å². The zero-order valence-electron chi connectivity index (χ0n) is 11.9. The van der Waals surface area contributed by atoms with Crippen molar-refractivity contribution in [1.29, 1.82) is 0 Å². The summed E-state index contributed by atoms with van der Waals surface area (Å²) in [7, 11) is 0. The first kappa shape index (κ1) is 13.6. The summed E-state index contributed by atoms with van der Waals surface area (Å²) in [6.07, 6.45) is 0.902. The molecule has 0 saturated carbocycles. The number of fused-ring (bicyclic) bond motifs is 1. The van der Waals surface area contributed by atoms with E-state index in [4.69, 9.17) is 10.5 Å². The molecule has 1 atom stereocenters. The van der Waals surface area contributed by atoms with Gasteiger partial charge in [-0.05, 0) is 49.7 Å². The lowest BCUT2D eigenvalue weighted by Crippen LogP contribution is -2.05. The number of nitrogens with two attached hydrogens (primary N) is 1. The van der Waals surface area contributed by atoms with Crippen LogP contribution in [-0.4, -0.2) is 11.9 Å². The van der Waals surface area contributed by atoms with Crippen molar-refractivity contribution < 1.29 is 13.9 Å². The van der Waals surface area contributed by atoms with Crippen molar-refractivity contribution in [3.8, 4) is 5.75 Å². The van der Waals surface area contributed by atoms with E-state index in [0.29, 0.717) is 11.1 Å². The van der Waals surface area contributed by atoms with Gasteiger partial charge < -0.3 is 10.5 Å². The van der Waals surface area contributed by atoms with Crippen molar-refractivity contribution in [2.75, 3.05) is 5.73 Å². The molecule has 3 rings (SSSR count). The van der Waals surface area contributed by atoms with E-state index >= 15 is 0 Å². The number of benzene rings is 2. The second kappa shape index (κ2) is 4.88. The Labute approximate surface area is 122 Å².